The first-order valence-electron chi connectivity index (χ1n) is 7.86. The van der Waals surface area contributed by atoms with E-state index in [1.807, 2.05) is 25.1 Å². The van der Waals surface area contributed by atoms with Crippen LogP contribution < -0.4 is 5.32 Å². The van der Waals surface area contributed by atoms with Crippen LogP contribution in [-0.2, 0) is 19.7 Å². The van der Waals surface area contributed by atoms with Crippen LogP contribution in [0.2, 0.25) is 0 Å². The molecule has 2 saturated carbocycles. The summed E-state index contributed by atoms with van der Waals surface area (Å²) in [6.45, 7) is 2.17. The van der Waals surface area contributed by atoms with E-state index in [1.165, 1.54) is 0 Å². The summed E-state index contributed by atoms with van der Waals surface area (Å²) < 4.78 is 6.24. The van der Waals surface area contributed by atoms with Crippen LogP contribution in [0.25, 0.3) is 0 Å². The van der Waals surface area contributed by atoms with E-state index in [2.05, 4.69) is 21.2 Å². The molecule has 5 heteroatoms. The topological polar surface area (TPSA) is 55.4 Å². The summed E-state index contributed by atoms with van der Waals surface area (Å²) in [4.78, 5) is 25.4. The van der Waals surface area contributed by atoms with Crippen LogP contribution in [0.5, 0.6) is 0 Å². The summed E-state index contributed by atoms with van der Waals surface area (Å²) in [5.74, 6) is -0.578. The molecule has 1 heterocycles. The Kier molecular flexibility index (Phi) is 2.96. The number of hydrogen-bond acceptors (Lipinski definition) is 3. The number of fused-ring (bicyclic) bond motifs is 3. The van der Waals surface area contributed by atoms with E-state index in [1.54, 1.807) is 0 Å². The summed E-state index contributed by atoms with van der Waals surface area (Å²) in [6, 6.07) is 5.82. The second kappa shape index (κ2) is 4.57. The van der Waals surface area contributed by atoms with Gasteiger partial charge < -0.3 is 10.1 Å². The number of anilines is 1. The van der Waals surface area contributed by atoms with Gasteiger partial charge in [0.15, 0.2) is 0 Å². The van der Waals surface area contributed by atoms with Gasteiger partial charge in [0.2, 0.25) is 5.91 Å². The third-order valence-corrected chi connectivity index (χ3v) is 6.21. The molecule has 1 amide bonds. The standard InChI is InChI=1S/C17H18BrNO3/c1-2-22-14(20)13-16(7-3-4-8-16)17(13)11-9-10(18)5-6-12(11)19-15(17)21/h5-6,9,13H,2-4,7-8H2,1H3,(H,19,21)/t13-,17?/m0/s1. The first kappa shape index (κ1) is 14.2. The van der Waals surface area contributed by atoms with E-state index in [9.17, 15) is 9.59 Å². The van der Waals surface area contributed by atoms with Crippen LogP contribution in [0.15, 0.2) is 22.7 Å². The van der Waals surface area contributed by atoms with E-state index in [0.29, 0.717) is 6.61 Å². The third kappa shape index (κ3) is 1.48. The molecule has 2 spiro atoms. The maximum Gasteiger partial charge on any atom is 0.311 e. The van der Waals surface area contributed by atoms with Crippen molar-refractivity contribution in [1.29, 1.82) is 0 Å². The van der Waals surface area contributed by atoms with Crippen LogP contribution in [-0.4, -0.2) is 18.5 Å². The fourth-order valence-electron chi connectivity index (χ4n) is 4.99. The highest BCUT2D eigenvalue weighted by Crippen LogP contribution is 2.79. The van der Waals surface area contributed by atoms with Crippen molar-refractivity contribution in [3.8, 4) is 0 Å². The number of amides is 1. The van der Waals surface area contributed by atoms with Crippen molar-refractivity contribution in [2.45, 2.75) is 38.0 Å². The van der Waals surface area contributed by atoms with Crippen molar-refractivity contribution >= 4 is 33.5 Å². The lowest BCUT2D eigenvalue weighted by atomic mass is 9.86. The molecule has 2 atom stereocenters. The van der Waals surface area contributed by atoms with Gasteiger partial charge in [-0.15, -0.1) is 0 Å². The first-order chi connectivity index (χ1) is 10.6. The average Bonchev–Trinajstić information content (AvgIpc) is 2.73. The fraction of sp³-hybridized carbons (Fsp3) is 0.529. The van der Waals surface area contributed by atoms with Crippen molar-refractivity contribution in [2.75, 3.05) is 11.9 Å². The van der Waals surface area contributed by atoms with Crippen LogP contribution >= 0.6 is 15.9 Å². The van der Waals surface area contributed by atoms with Gasteiger partial charge >= 0.3 is 5.97 Å². The molecule has 22 heavy (non-hydrogen) atoms. The molecule has 1 aliphatic heterocycles. The SMILES string of the molecule is CCOC(=O)[C@H]1C2(CCCC2)C12C(=O)Nc1ccc(Br)cc12. The number of nitrogens with one attached hydrogen (secondary N) is 1. The molecule has 0 radical (unpaired) electrons. The van der Waals surface area contributed by atoms with Crippen molar-refractivity contribution < 1.29 is 14.3 Å². The number of halogens is 1. The Morgan fingerprint density at radius 2 is 2.14 bits per heavy atom. The Bertz CT molecular complexity index is 680. The van der Waals surface area contributed by atoms with Crippen LogP contribution in [0.4, 0.5) is 5.69 Å². The Morgan fingerprint density at radius 1 is 1.41 bits per heavy atom. The fourth-order valence-corrected chi connectivity index (χ4v) is 5.35. The number of carbonyl (C=O) groups excluding carboxylic acids is 2. The molecule has 116 valence electrons. The molecular weight excluding hydrogens is 346 g/mol. The molecule has 2 fully saturated rings. The predicted molar refractivity (Wildman–Crippen MR) is 85.5 cm³/mol. The van der Waals surface area contributed by atoms with E-state index >= 15 is 0 Å². The van der Waals surface area contributed by atoms with Gasteiger partial charge in [-0.1, -0.05) is 28.8 Å². The molecule has 1 unspecified atom stereocenters. The highest BCUT2D eigenvalue weighted by Gasteiger charge is 2.85. The maximum absolute atomic E-state index is 12.9. The van der Waals surface area contributed by atoms with Gasteiger partial charge in [0, 0.05) is 15.6 Å². The number of benzene rings is 1. The lowest BCUT2D eigenvalue weighted by Gasteiger charge is -2.14. The quantitative estimate of drug-likeness (QED) is 0.819. The van der Waals surface area contributed by atoms with Gasteiger partial charge in [-0.25, -0.2) is 0 Å². The highest BCUT2D eigenvalue weighted by atomic mass is 79.9. The van der Waals surface area contributed by atoms with E-state index in [0.717, 1.165) is 41.4 Å². The van der Waals surface area contributed by atoms with Gasteiger partial charge in [-0.05, 0) is 43.5 Å². The zero-order valence-corrected chi connectivity index (χ0v) is 14.0. The summed E-state index contributed by atoms with van der Waals surface area (Å²) >= 11 is 3.49. The molecular formula is C17H18BrNO3. The molecule has 3 aliphatic rings. The van der Waals surface area contributed by atoms with E-state index < -0.39 is 5.41 Å². The Morgan fingerprint density at radius 3 is 2.82 bits per heavy atom. The number of carbonyl (C=O) groups is 2. The van der Waals surface area contributed by atoms with Crippen molar-refractivity contribution in [1.82, 2.24) is 0 Å². The number of esters is 1. The molecule has 2 aliphatic carbocycles. The second-order valence-corrected chi connectivity index (χ2v) is 7.42. The second-order valence-electron chi connectivity index (χ2n) is 6.50. The summed E-state index contributed by atoms with van der Waals surface area (Å²) in [5.41, 5.74) is 0.850. The van der Waals surface area contributed by atoms with Gasteiger partial charge in [0.1, 0.15) is 0 Å². The van der Waals surface area contributed by atoms with E-state index in [-0.39, 0.29) is 23.2 Å². The molecule has 1 aromatic rings. The van der Waals surface area contributed by atoms with Gasteiger partial charge in [-0.2, -0.15) is 0 Å². The smallest absolute Gasteiger partial charge is 0.311 e. The average molecular weight is 364 g/mol. The monoisotopic (exact) mass is 363 g/mol. The summed E-state index contributed by atoms with van der Waals surface area (Å²) in [6.07, 6.45) is 4.01. The zero-order chi connectivity index (χ0) is 15.5. The molecule has 0 bridgehead atoms. The zero-order valence-electron chi connectivity index (χ0n) is 12.4. The van der Waals surface area contributed by atoms with Gasteiger partial charge in [0.25, 0.3) is 0 Å². The molecule has 0 saturated heterocycles. The van der Waals surface area contributed by atoms with Crippen molar-refractivity contribution in [3.05, 3.63) is 28.2 Å². The minimum atomic E-state index is -0.713. The maximum atomic E-state index is 12.9. The largest absolute Gasteiger partial charge is 0.466 e. The number of rotatable bonds is 2. The summed E-state index contributed by atoms with van der Waals surface area (Å²) in [7, 11) is 0. The van der Waals surface area contributed by atoms with Crippen LogP contribution in [0.3, 0.4) is 0 Å². The highest BCUT2D eigenvalue weighted by molar-refractivity contribution is 9.10. The minimum absolute atomic E-state index is 0.0273. The van der Waals surface area contributed by atoms with Crippen molar-refractivity contribution in [2.24, 2.45) is 11.3 Å². The molecule has 1 aromatic carbocycles. The molecule has 4 nitrogen and oxygen atoms in total. The molecule has 1 N–H and O–H groups in total. The minimum Gasteiger partial charge on any atom is -0.466 e. The number of ether oxygens (including phenoxy) is 1. The Labute approximate surface area is 137 Å². The normalized spacial score (nSPS) is 30.5. The van der Waals surface area contributed by atoms with Gasteiger partial charge in [-0.3, -0.25) is 9.59 Å². The lowest BCUT2D eigenvalue weighted by Crippen LogP contribution is -2.27. The number of hydrogen-bond donors (Lipinski definition) is 1. The van der Waals surface area contributed by atoms with Crippen molar-refractivity contribution in [3.63, 3.8) is 0 Å². The van der Waals surface area contributed by atoms with Gasteiger partial charge in [0.05, 0.1) is 17.9 Å². The van der Waals surface area contributed by atoms with Crippen LogP contribution in [0, 0.1) is 11.3 Å². The Hall–Kier alpha value is -1.36. The third-order valence-electron chi connectivity index (χ3n) is 5.72. The Balaban J connectivity index is 1.88. The lowest BCUT2D eigenvalue weighted by molar-refractivity contribution is -0.146. The van der Waals surface area contributed by atoms with Crippen LogP contribution in [0.1, 0.15) is 38.2 Å². The molecule has 4 rings (SSSR count). The van der Waals surface area contributed by atoms with E-state index in [4.69, 9.17) is 4.74 Å². The first-order valence-corrected chi connectivity index (χ1v) is 8.65. The molecule has 0 aromatic heterocycles. The predicted octanol–water partition coefficient (Wildman–Crippen LogP) is 3.39. The summed E-state index contributed by atoms with van der Waals surface area (Å²) in [5, 5.41) is 2.99.